The van der Waals surface area contributed by atoms with Gasteiger partial charge in [0, 0.05) is 31.3 Å². The molecule has 1 N–H and O–H groups in total. The van der Waals surface area contributed by atoms with Crippen LogP contribution in [-0.2, 0) is 11.3 Å². The summed E-state index contributed by atoms with van der Waals surface area (Å²) in [4.78, 5) is 5.63. The molecule has 4 nitrogen and oxygen atoms in total. The van der Waals surface area contributed by atoms with Crippen molar-refractivity contribution in [2.45, 2.75) is 20.4 Å². The Morgan fingerprint density at radius 2 is 2.31 bits per heavy atom. The molecule has 2 aromatic heterocycles. The number of aromatic nitrogens is 2. The molecule has 0 amide bonds. The van der Waals surface area contributed by atoms with E-state index in [1.807, 2.05) is 0 Å². The van der Waals surface area contributed by atoms with Crippen LogP contribution in [0.5, 0.6) is 0 Å². The molecule has 0 aliphatic carbocycles. The Morgan fingerprint density at radius 3 is 3.06 bits per heavy atom. The summed E-state index contributed by atoms with van der Waals surface area (Å²) in [7, 11) is 1.72. The molecule has 0 spiro atoms. The molecule has 2 aromatic rings. The van der Waals surface area contributed by atoms with Crippen molar-refractivity contribution >= 4 is 16.3 Å². The van der Waals surface area contributed by atoms with Gasteiger partial charge in [0.1, 0.15) is 0 Å². The minimum absolute atomic E-state index is 0.740. The fourth-order valence-corrected chi connectivity index (χ4v) is 2.69. The van der Waals surface area contributed by atoms with Crippen LogP contribution in [0, 0.1) is 13.8 Å². The largest absolute Gasteiger partial charge is 0.383 e. The molecule has 0 aromatic carbocycles. The van der Waals surface area contributed by atoms with Gasteiger partial charge in [0.05, 0.1) is 18.0 Å². The van der Waals surface area contributed by atoms with E-state index in [1.165, 1.54) is 11.4 Å². The first-order valence-corrected chi connectivity index (χ1v) is 6.23. The van der Waals surface area contributed by atoms with Gasteiger partial charge < -0.3 is 10.1 Å². The fourth-order valence-electron chi connectivity index (χ4n) is 1.76. The third kappa shape index (κ3) is 2.11. The number of thiazole rings is 1. The van der Waals surface area contributed by atoms with Crippen LogP contribution in [0.25, 0.3) is 4.96 Å². The van der Waals surface area contributed by atoms with E-state index in [0.29, 0.717) is 0 Å². The van der Waals surface area contributed by atoms with Gasteiger partial charge in [0.25, 0.3) is 0 Å². The van der Waals surface area contributed by atoms with Crippen molar-refractivity contribution in [1.82, 2.24) is 14.7 Å². The van der Waals surface area contributed by atoms with Crippen molar-refractivity contribution in [3.8, 4) is 0 Å². The second-order valence-corrected chi connectivity index (χ2v) is 4.65. The Balaban J connectivity index is 2.15. The molecule has 0 saturated heterocycles. The standard InChI is InChI=1S/C11H17N3OS/c1-8-7-16-11-13-9(2)10(14(8)11)6-12-4-5-15-3/h7,12H,4-6H2,1-3H3. The zero-order valence-electron chi connectivity index (χ0n) is 9.91. The van der Waals surface area contributed by atoms with Gasteiger partial charge in [-0.3, -0.25) is 4.40 Å². The molecule has 2 rings (SSSR count). The highest BCUT2D eigenvalue weighted by atomic mass is 32.1. The average molecular weight is 239 g/mol. The topological polar surface area (TPSA) is 38.6 Å². The van der Waals surface area contributed by atoms with E-state index >= 15 is 0 Å². The summed E-state index contributed by atoms with van der Waals surface area (Å²) in [5, 5.41) is 5.50. The smallest absolute Gasteiger partial charge is 0.194 e. The van der Waals surface area contributed by atoms with Gasteiger partial charge in [-0.2, -0.15) is 0 Å². The monoisotopic (exact) mass is 239 g/mol. The number of nitrogens with zero attached hydrogens (tertiary/aromatic N) is 2. The van der Waals surface area contributed by atoms with E-state index in [-0.39, 0.29) is 0 Å². The molecule has 0 fully saturated rings. The van der Waals surface area contributed by atoms with Crippen molar-refractivity contribution in [2.24, 2.45) is 0 Å². The lowest BCUT2D eigenvalue weighted by atomic mass is 10.3. The van der Waals surface area contributed by atoms with Gasteiger partial charge in [0.15, 0.2) is 4.96 Å². The van der Waals surface area contributed by atoms with Crippen LogP contribution in [0.15, 0.2) is 5.38 Å². The van der Waals surface area contributed by atoms with Crippen LogP contribution in [0.2, 0.25) is 0 Å². The number of imidazole rings is 1. The number of nitrogens with one attached hydrogen (secondary N) is 1. The zero-order valence-corrected chi connectivity index (χ0v) is 10.7. The first kappa shape index (κ1) is 11.6. The van der Waals surface area contributed by atoms with E-state index in [1.54, 1.807) is 18.4 Å². The van der Waals surface area contributed by atoms with Gasteiger partial charge in [-0.15, -0.1) is 11.3 Å². The number of methoxy groups -OCH3 is 1. The second-order valence-electron chi connectivity index (χ2n) is 3.81. The van der Waals surface area contributed by atoms with Crippen LogP contribution in [0.4, 0.5) is 0 Å². The molecule has 0 saturated carbocycles. The van der Waals surface area contributed by atoms with E-state index in [2.05, 4.69) is 33.9 Å². The van der Waals surface area contributed by atoms with E-state index < -0.39 is 0 Å². The maximum absolute atomic E-state index is 5.00. The predicted octanol–water partition coefficient (Wildman–Crippen LogP) is 1.75. The van der Waals surface area contributed by atoms with E-state index in [4.69, 9.17) is 4.74 Å². The van der Waals surface area contributed by atoms with Crippen molar-refractivity contribution in [3.05, 3.63) is 22.5 Å². The normalized spacial score (nSPS) is 11.4. The maximum atomic E-state index is 5.00. The molecule has 0 aliphatic heterocycles. The van der Waals surface area contributed by atoms with Gasteiger partial charge >= 0.3 is 0 Å². The number of hydrogen-bond donors (Lipinski definition) is 1. The van der Waals surface area contributed by atoms with E-state index in [0.717, 1.165) is 30.4 Å². The first-order chi connectivity index (χ1) is 7.74. The minimum Gasteiger partial charge on any atom is -0.383 e. The molecular weight excluding hydrogens is 222 g/mol. The summed E-state index contributed by atoms with van der Waals surface area (Å²) in [5.74, 6) is 0. The van der Waals surface area contributed by atoms with E-state index in [9.17, 15) is 0 Å². The minimum atomic E-state index is 0.740. The van der Waals surface area contributed by atoms with Gasteiger partial charge in [-0.1, -0.05) is 0 Å². The molecule has 0 unspecified atom stereocenters. The third-order valence-electron chi connectivity index (χ3n) is 2.61. The number of ether oxygens (including phenoxy) is 1. The SMILES string of the molecule is COCCNCc1c(C)nc2scc(C)n12. The molecule has 0 radical (unpaired) electrons. The Kier molecular flexibility index (Phi) is 3.58. The van der Waals surface area contributed by atoms with Crippen LogP contribution in [0.1, 0.15) is 17.1 Å². The maximum Gasteiger partial charge on any atom is 0.194 e. The Morgan fingerprint density at radius 1 is 1.50 bits per heavy atom. The molecular formula is C11H17N3OS. The van der Waals surface area contributed by atoms with Crippen LogP contribution >= 0.6 is 11.3 Å². The summed E-state index contributed by atoms with van der Waals surface area (Å²) in [6.45, 7) is 6.62. The third-order valence-corrected chi connectivity index (χ3v) is 3.55. The van der Waals surface area contributed by atoms with Crippen LogP contribution in [-0.4, -0.2) is 29.6 Å². The van der Waals surface area contributed by atoms with Crippen molar-refractivity contribution in [1.29, 1.82) is 0 Å². The van der Waals surface area contributed by atoms with Crippen LogP contribution in [0.3, 0.4) is 0 Å². The van der Waals surface area contributed by atoms with Gasteiger partial charge in [-0.05, 0) is 13.8 Å². The summed E-state index contributed by atoms with van der Waals surface area (Å²) >= 11 is 1.69. The predicted molar refractivity (Wildman–Crippen MR) is 66.1 cm³/mol. The van der Waals surface area contributed by atoms with Crippen molar-refractivity contribution in [2.75, 3.05) is 20.3 Å². The summed E-state index contributed by atoms with van der Waals surface area (Å²) < 4.78 is 7.23. The lowest BCUT2D eigenvalue weighted by molar-refractivity contribution is 0.199. The fraction of sp³-hybridized carbons (Fsp3) is 0.545. The molecule has 88 valence electrons. The Bertz CT molecular complexity index is 475. The average Bonchev–Trinajstić information content (AvgIpc) is 2.75. The summed E-state index contributed by atoms with van der Waals surface area (Å²) in [6.07, 6.45) is 0. The number of aryl methyl sites for hydroxylation is 2. The second kappa shape index (κ2) is 4.95. The zero-order chi connectivity index (χ0) is 11.5. The van der Waals surface area contributed by atoms with Crippen molar-refractivity contribution in [3.63, 3.8) is 0 Å². The lowest BCUT2D eigenvalue weighted by Gasteiger charge is -2.05. The Hall–Kier alpha value is -0.910. The summed E-state index contributed by atoms with van der Waals surface area (Å²) in [6, 6.07) is 0. The molecule has 0 bridgehead atoms. The lowest BCUT2D eigenvalue weighted by Crippen LogP contribution is -2.20. The molecule has 5 heteroatoms. The Labute approximate surface area is 99.3 Å². The van der Waals surface area contributed by atoms with Gasteiger partial charge in [0.2, 0.25) is 0 Å². The molecule has 0 atom stereocenters. The highest BCUT2D eigenvalue weighted by molar-refractivity contribution is 7.15. The number of rotatable bonds is 5. The highest BCUT2D eigenvalue weighted by Gasteiger charge is 2.11. The first-order valence-electron chi connectivity index (χ1n) is 5.35. The summed E-state index contributed by atoms with van der Waals surface area (Å²) in [5.41, 5.74) is 3.62. The van der Waals surface area contributed by atoms with Crippen LogP contribution < -0.4 is 5.32 Å². The van der Waals surface area contributed by atoms with Gasteiger partial charge in [-0.25, -0.2) is 4.98 Å². The molecule has 16 heavy (non-hydrogen) atoms. The number of fused-ring (bicyclic) bond motifs is 1. The highest BCUT2D eigenvalue weighted by Crippen LogP contribution is 2.20. The van der Waals surface area contributed by atoms with Crippen molar-refractivity contribution < 1.29 is 4.74 Å². The molecule has 2 heterocycles. The molecule has 0 aliphatic rings. The number of hydrogen-bond acceptors (Lipinski definition) is 4. The quantitative estimate of drug-likeness (QED) is 0.808.